The number of benzene rings is 1. The van der Waals surface area contributed by atoms with E-state index in [0.29, 0.717) is 0 Å². The molecule has 0 radical (unpaired) electrons. The molecule has 0 N–H and O–H groups in total. The maximum absolute atomic E-state index is 6.08. The summed E-state index contributed by atoms with van der Waals surface area (Å²) in [6, 6.07) is 6.06. The summed E-state index contributed by atoms with van der Waals surface area (Å²) in [5.74, 6) is 1.69. The van der Waals surface area contributed by atoms with Crippen LogP contribution in [0.25, 0.3) is 0 Å². The number of ether oxygens (including phenoxy) is 2. The van der Waals surface area contributed by atoms with E-state index in [9.17, 15) is 0 Å². The van der Waals surface area contributed by atoms with Gasteiger partial charge < -0.3 is 9.47 Å². The van der Waals surface area contributed by atoms with Gasteiger partial charge in [0, 0.05) is 5.56 Å². The van der Waals surface area contributed by atoms with Gasteiger partial charge in [-0.15, -0.1) is 6.58 Å². The van der Waals surface area contributed by atoms with Crippen molar-refractivity contribution in [3.05, 3.63) is 48.6 Å². The Morgan fingerprint density at radius 1 is 1.53 bits per heavy atom. The Balaban J connectivity index is 2.22. The summed E-state index contributed by atoms with van der Waals surface area (Å²) in [4.78, 5) is 0. The molecule has 2 heteroatoms. The van der Waals surface area contributed by atoms with Crippen LogP contribution in [-0.4, -0.2) is 13.2 Å². The molecule has 0 bridgehead atoms. The molecular formula is C15H16O2. The van der Waals surface area contributed by atoms with Crippen LogP contribution in [0.3, 0.4) is 0 Å². The molecule has 88 valence electrons. The Hall–Kier alpha value is -1.70. The van der Waals surface area contributed by atoms with Crippen LogP contribution in [0.15, 0.2) is 43.0 Å². The van der Waals surface area contributed by atoms with E-state index in [0.717, 1.165) is 24.3 Å². The van der Waals surface area contributed by atoms with E-state index in [4.69, 9.17) is 9.47 Å². The predicted molar refractivity (Wildman–Crippen MR) is 67.7 cm³/mol. The Morgan fingerprint density at radius 3 is 3.18 bits per heavy atom. The minimum absolute atomic E-state index is 0.163. The molecule has 0 fully saturated rings. The van der Waals surface area contributed by atoms with E-state index in [1.807, 2.05) is 18.2 Å². The van der Waals surface area contributed by atoms with Gasteiger partial charge in [0.05, 0.1) is 12.5 Å². The summed E-state index contributed by atoms with van der Waals surface area (Å²) < 4.78 is 11.4. The summed E-state index contributed by atoms with van der Waals surface area (Å²) >= 11 is 0. The second-order valence-electron chi connectivity index (χ2n) is 4.56. The van der Waals surface area contributed by atoms with E-state index in [1.165, 1.54) is 5.56 Å². The van der Waals surface area contributed by atoms with Gasteiger partial charge in [-0.25, -0.2) is 0 Å². The first-order valence-electron chi connectivity index (χ1n) is 5.97. The van der Waals surface area contributed by atoms with Crippen molar-refractivity contribution in [3.63, 3.8) is 0 Å². The molecule has 17 heavy (non-hydrogen) atoms. The predicted octanol–water partition coefficient (Wildman–Crippen LogP) is 3.23. The molecule has 0 amide bonds. The van der Waals surface area contributed by atoms with Gasteiger partial charge in [0.15, 0.2) is 11.5 Å². The monoisotopic (exact) mass is 228 g/mol. The van der Waals surface area contributed by atoms with E-state index >= 15 is 0 Å². The maximum Gasteiger partial charge on any atom is 0.166 e. The smallest absolute Gasteiger partial charge is 0.166 e. The van der Waals surface area contributed by atoms with Crippen LogP contribution in [0.1, 0.15) is 18.4 Å². The lowest BCUT2D eigenvalue weighted by Gasteiger charge is -2.30. The van der Waals surface area contributed by atoms with Gasteiger partial charge in [-0.3, -0.25) is 0 Å². The topological polar surface area (TPSA) is 18.5 Å². The van der Waals surface area contributed by atoms with Crippen molar-refractivity contribution in [2.24, 2.45) is 0 Å². The number of rotatable bonds is 2. The molecule has 1 aromatic carbocycles. The molecule has 3 rings (SSSR count). The lowest BCUT2D eigenvalue weighted by molar-refractivity contribution is 0.172. The number of methoxy groups -OCH3 is 1. The molecule has 2 nitrogen and oxygen atoms in total. The van der Waals surface area contributed by atoms with Gasteiger partial charge in [-0.05, 0) is 18.9 Å². The van der Waals surface area contributed by atoms with Crippen LogP contribution in [0.2, 0.25) is 0 Å². The third-order valence-corrected chi connectivity index (χ3v) is 3.79. The second kappa shape index (κ2) is 3.66. The number of fused-ring (bicyclic) bond motifs is 3. The van der Waals surface area contributed by atoms with Crippen LogP contribution in [0, 0.1) is 0 Å². The fourth-order valence-corrected chi connectivity index (χ4v) is 2.88. The van der Waals surface area contributed by atoms with Crippen molar-refractivity contribution < 1.29 is 9.47 Å². The Bertz CT molecular complexity index is 490. The van der Waals surface area contributed by atoms with Gasteiger partial charge >= 0.3 is 0 Å². The maximum atomic E-state index is 6.08. The summed E-state index contributed by atoms with van der Waals surface area (Å²) in [6.07, 6.45) is 8.70. The summed E-state index contributed by atoms with van der Waals surface area (Å²) in [5.41, 5.74) is 1.01. The van der Waals surface area contributed by atoms with Crippen molar-refractivity contribution in [2.45, 2.75) is 24.4 Å². The molecule has 1 heterocycles. The fraction of sp³-hybridized carbons (Fsp3) is 0.333. The van der Waals surface area contributed by atoms with E-state index in [-0.39, 0.29) is 11.5 Å². The van der Waals surface area contributed by atoms with Gasteiger partial charge in [0.25, 0.3) is 0 Å². The zero-order valence-corrected chi connectivity index (χ0v) is 9.98. The second-order valence-corrected chi connectivity index (χ2v) is 4.56. The van der Waals surface area contributed by atoms with Gasteiger partial charge in [0.2, 0.25) is 0 Å². The van der Waals surface area contributed by atoms with Crippen molar-refractivity contribution in [1.29, 1.82) is 0 Å². The van der Waals surface area contributed by atoms with Crippen LogP contribution in [-0.2, 0) is 5.41 Å². The largest absolute Gasteiger partial charge is 0.493 e. The Morgan fingerprint density at radius 2 is 2.41 bits per heavy atom. The minimum atomic E-state index is -0.165. The van der Waals surface area contributed by atoms with E-state index < -0.39 is 0 Å². The van der Waals surface area contributed by atoms with Gasteiger partial charge in [0.1, 0.15) is 6.10 Å². The SMILES string of the molecule is C=C[C@@]12C=CCC[C@@H]1Oc1c(OC)cccc12. The molecular weight excluding hydrogens is 212 g/mol. The standard InChI is InChI=1S/C15H16O2/c1-3-15-10-5-4-9-13(15)17-14-11(15)7-6-8-12(14)16-2/h3,5-8,10,13H,1,4,9H2,2H3/t13-,15-/m0/s1. The minimum Gasteiger partial charge on any atom is -0.493 e. The Kier molecular flexibility index (Phi) is 2.25. The zero-order chi connectivity index (χ0) is 11.9. The van der Waals surface area contributed by atoms with Gasteiger partial charge in [-0.2, -0.15) is 0 Å². The molecule has 1 aromatic rings. The number of para-hydroxylation sites is 1. The lowest BCUT2D eigenvalue weighted by atomic mass is 9.73. The molecule has 2 aliphatic rings. The number of allylic oxidation sites excluding steroid dienone is 1. The number of hydrogen-bond donors (Lipinski definition) is 0. The van der Waals surface area contributed by atoms with Crippen molar-refractivity contribution in [1.82, 2.24) is 0 Å². The van der Waals surface area contributed by atoms with Crippen molar-refractivity contribution in [3.8, 4) is 11.5 Å². The highest BCUT2D eigenvalue weighted by molar-refractivity contribution is 5.58. The molecule has 1 aliphatic carbocycles. The molecule has 2 atom stereocenters. The molecule has 0 saturated heterocycles. The first kappa shape index (κ1) is 10.5. The van der Waals surface area contributed by atoms with Crippen molar-refractivity contribution in [2.75, 3.05) is 7.11 Å². The highest BCUT2D eigenvalue weighted by Gasteiger charge is 2.47. The quantitative estimate of drug-likeness (QED) is 0.723. The van der Waals surface area contributed by atoms with E-state index in [2.05, 4.69) is 24.8 Å². The zero-order valence-electron chi connectivity index (χ0n) is 9.98. The highest BCUT2D eigenvalue weighted by Crippen LogP contribution is 2.51. The highest BCUT2D eigenvalue weighted by atomic mass is 16.5. The summed E-state index contributed by atoms with van der Waals surface area (Å²) in [5, 5.41) is 0. The number of hydrogen-bond acceptors (Lipinski definition) is 2. The lowest BCUT2D eigenvalue weighted by Crippen LogP contribution is -2.36. The van der Waals surface area contributed by atoms with Crippen molar-refractivity contribution >= 4 is 0 Å². The molecule has 0 unspecified atom stereocenters. The van der Waals surface area contributed by atoms with Crippen LogP contribution < -0.4 is 9.47 Å². The van der Waals surface area contributed by atoms with Crippen LogP contribution >= 0.6 is 0 Å². The average Bonchev–Trinajstić information content (AvgIpc) is 2.73. The first-order valence-corrected chi connectivity index (χ1v) is 5.97. The Labute approximate surface area is 102 Å². The third kappa shape index (κ3) is 1.27. The molecule has 0 spiro atoms. The average molecular weight is 228 g/mol. The first-order chi connectivity index (χ1) is 8.31. The van der Waals surface area contributed by atoms with E-state index in [1.54, 1.807) is 7.11 Å². The third-order valence-electron chi connectivity index (χ3n) is 3.79. The molecule has 0 saturated carbocycles. The molecule has 1 aliphatic heterocycles. The fourth-order valence-electron chi connectivity index (χ4n) is 2.88. The summed E-state index contributed by atoms with van der Waals surface area (Å²) in [6.45, 7) is 4.00. The molecule has 0 aromatic heterocycles. The van der Waals surface area contributed by atoms with Crippen LogP contribution in [0.4, 0.5) is 0 Å². The normalized spacial score (nSPS) is 29.1. The van der Waals surface area contributed by atoms with Crippen LogP contribution in [0.5, 0.6) is 11.5 Å². The van der Waals surface area contributed by atoms with Gasteiger partial charge in [-0.1, -0.05) is 30.4 Å². The summed E-state index contributed by atoms with van der Waals surface area (Å²) in [7, 11) is 1.68.